The van der Waals surface area contributed by atoms with Gasteiger partial charge in [0.2, 0.25) is 0 Å². The van der Waals surface area contributed by atoms with Gasteiger partial charge in [-0.3, -0.25) is 10.1 Å². The zero-order valence-electron chi connectivity index (χ0n) is 6.58. The van der Waals surface area contributed by atoms with Crippen LogP contribution in [0.25, 0.3) is 0 Å². The van der Waals surface area contributed by atoms with Gasteiger partial charge in [0.05, 0.1) is 4.92 Å². The Kier molecular flexibility index (Phi) is 2.80. The van der Waals surface area contributed by atoms with Gasteiger partial charge in [-0.15, -0.1) is 0 Å². The fraction of sp³-hybridized carbons (Fsp3) is 0.167. The zero-order chi connectivity index (χ0) is 10.9. The van der Waals surface area contributed by atoms with Crippen LogP contribution < -0.4 is 5.73 Å². The van der Waals surface area contributed by atoms with Crippen LogP contribution in [0.15, 0.2) is 6.07 Å². The maximum Gasteiger partial charge on any atom is 0.293 e. The van der Waals surface area contributed by atoms with Gasteiger partial charge < -0.3 is 5.73 Å². The molecule has 8 heteroatoms. The SMILES string of the molecule is Nc1nc(C(F)F)cc([N+](=O)[O-])c1Cl. The van der Waals surface area contributed by atoms with Gasteiger partial charge >= 0.3 is 0 Å². The van der Waals surface area contributed by atoms with E-state index in [1.165, 1.54) is 0 Å². The van der Waals surface area contributed by atoms with Crippen molar-refractivity contribution < 1.29 is 13.7 Å². The Balaban J connectivity index is 3.35. The molecular formula is C6H4ClF2N3O2. The third kappa shape index (κ3) is 1.87. The maximum atomic E-state index is 12.1. The Hall–Kier alpha value is -1.50. The summed E-state index contributed by atoms with van der Waals surface area (Å²) < 4.78 is 24.3. The van der Waals surface area contributed by atoms with E-state index in [2.05, 4.69) is 4.98 Å². The molecule has 0 saturated carbocycles. The van der Waals surface area contributed by atoms with Crippen molar-refractivity contribution >= 4 is 23.1 Å². The molecule has 1 aromatic rings. The lowest BCUT2D eigenvalue weighted by Crippen LogP contribution is -2.01. The highest BCUT2D eigenvalue weighted by molar-refractivity contribution is 6.34. The molecule has 0 amide bonds. The normalized spacial score (nSPS) is 10.6. The van der Waals surface area contributed by atoms with Crippen LogP contribution in [0.3, 0.4) is 0 Å². The molecule has 0 bridgehead atoms. The summed E-state index contributed by atoms with van der Waals surface area (Å²) in [7, 11) is 0. The van der Waals surface area contributed by atoms with Gasteiger partial charge in [0.15, 0.2) is 5.02 Å². The topological polar surface area (TPSA) is 82.0 Å². The van der Waals surface area contributed by atoms with E-state index < -0.39 is 33.6 Å². The van der Waals surface area contributed by atoms with Crippen LogP contribution in [-0.4, -0.2) is 9.91 Å². The molecule has 1 heterocycles. The third-order valence-electron chi connectivity index (χ3n) is 1.40. The Bertz CT molecular complexity index is 386. The summed E-state index contributed by atoms with van der Waals surface area (Å²) in [6.07, 6.45) is -2.92. The van der Waals surface area contributed by atoms with Crippen molar-refractivity contribution in [3.8, 4) is 0 Å². The van der Waals surface area contributed by atoms with Crippen molar-refractivity contribution in [3.63, 3.8) is 0 Å². The van der Waals surface area contributed by atoms with Gasteiger partial charge in [-0.2, -0.15) is 0 Å². The second-order valence-corrected chi connectivity index (χ2v) is 2.70. The van der Waals surface area contributed by atoms with Crippen LogP contribution >= 0.6 is 11.6 Å². The summed E-state index contributed by atoms with van der Waals surface area (Å²) in [6.45, 7) is 0. The lowest BCUT2D eigenvalue weighted by atomic mass is 10.3. The molecule has 0 aliphatic rings. The largest absolute Gasteiger partial charge is 0.382 e. The second kappa shape index (κ2) is 3.70. The predicted molar refractivity (Wildman–Crippen MR) is 45.3 cm³/mol. The van der Waals surface area contributed by atoms with Gasteiger partial charge in [-0.1, -0.05) is 11.6 Å². The molecule has 0 aliphatic carbocycles. The maximum absolute atomic E-state index is 12.1. The summed E-state index contributed by atoms with van der Waals surface area (Å²) in [6, 6.07) is 0.601. The molecule has 0 saturated heterocycles. The molecular weight excluding hydrogens is 220 g/mol. The standard InChI is InChI=1S/C6H4ClF2N3O2/c7-4-3(12(13)14)1-2(5(8)9)11-6(4)10/h1,5H,(H2,10,11). The molecule has 1 aromatic heterocycles. The van der Waals surface area contributed by atoms with Crippen LogP contribution in [0.2, 0.25) is 5.02 Å². The molecule has 0 aromatic carbocycles. The number of nitrogens with two attached hydrogens (primary N) is 1. The van der Waals surface area contributed by atoms with E-state index in [4.69, 9.17) is 17.3 Å². The first-order valence-corrected chi connectivity index (χ1v) is 3.69. The molecule has 76 valence electrons. The number of nitro groups is 1. The molecule has 0 fully saturated rings. The summed E-state index contributed by atoms with van der Waals surface area (Å²) in [4.78, 5) is 12.7. The van der Waals surface area contributed by atoms with Gasteiger partial charge in [-0.25, -0.2) is 13.8 Å². The first-order valence-electron chi connectivity index (χ1n) is 3.32. The Labute approximate surface area is 81.6 Å². The number of alkyl halides is 2. The van der Waals surface area contributed by atoms with Crippen LogP contribution in [0.5, 0.6) is 0 Å². The first kappa shape index (κ1) is 10.6. The number of nitrogen functional groups attached to an aromatic ring is 1. The van der Waals surface area contributed by atoms with Crippen molar-refractivity contribution in [1.29, 1.82) is 0 Å². The molecule has 5 nitrogen and oxygen atoms in total. The number of hydrogen-bond acceptors (Lipinski definition) is 4. The minimum Gasteiger partial charge on any atom is -0.382 e. The van der Waals surface area contributed by atoms with Crippen LogP contribution in [0, 0.1) is 10.1 Å². The fourth-order valence-corrected chi connectivity index (χ4v) is 0.966. The van der Waals surface area contributed by atoms with Gasteiger partial charge in [0.25, 0.3) is 12.1 Å². The number of anilines is 1. The highest BCUT2D eigenvalue weighted by atomic mass is 35.5. The number of rotatable bonds is 2. The van der Waals surface area contributed by atoms with Crippen LogP contribution in [0.4, 0.5) is 20.3 Å². The second-order valence-electron chi connectivity index (χ2n) is 2.32. The molecule has 14 heavy (non-hydrogen) atoms. The predicted octanol–water partition coefficient (Wildman–Crippen LogP) is 2.16. The minimum atomic E-state index is -2.92. The van der Waals surface area contributed by atoms with E-state index in [1.807, 2.05) is 0 Å². The number of hydrogen-bond donors (Lipinski definition) is 1. The van der Waals surface area contributed by atoms with Crippen molar-refractivity contribution in [2.45, 2.75) is 6.43 Å². The third-order valence-corrected chi connectivity index (χ3v) is 1.79. The number of pyridine rings is 1. The average molecular weight is 224 g/mol. The van der Waals surface area contributed by atoms with E-state index >= 15 is 0 Å². The Morgan fingerprint density at radius 1 is 1.64 bits per heavy atom. The summed E-state index contributed by atoms with van der Waals surface area (Å²) in [5, 5.41) is 9.91. The molecule has 0 spiro atoms. The highest BCUT2D eigenvalue weighted by Crippen LogP contribution is 2.32. The number of halogens is 3. The molecule has 0 radical (unpaired) electrons. The van der Waals surface area contributed by atoms with E-state index in [0.29, 0.717) is 6.07 Å². The molecule has 0 atom stereocenters. The fourth-order valence-electron chi connectivity index (χ4n) is 0.800. The molecule has 2 N–H and O–H groups in total. The van der Waals surface area contributed by atoms with Gasteiger partial charge in [0, 0.05) is 6.07 Å². The van der Waals surface area contributed by atoms with Crippen molar-refractivity contribution in [3.05, 3.63) is 26.9 Å². The van der Waals surface area contributed by atoms with Crippen LogP contribution in [-0.2, 0) is 0 Å². The zero-order valence-corrected chi connectivity index (χ0v) is 7.33. The summed E-state index contributed by atoms with van der Waals surface area (Å²) in [5.74, 6) is -0.476. The smallest absolute Gasteiger partial charge is 0.293 e. The van der Waals surface area contributed by atoms with Gasteiger partial charge in [-0.05, 0) is 0 Å². The first-order chi connectivity index (χ1) is 6.43. The molecule has 0 unspecified atom stereocenters. The lowest BCUT2D eigenvalue weighted by Gasteiger charge is -2.02. The van der Waals surface area contributed by atoms with E-state index in [0.717, 1.165) is 0 Å². The van der Waals surface area contributed by atoms with Crippen molar-refractivity contribution in [2.75, 3.05) is 5.73 Å². The highest BCUT2D eigenvalue weighted by Gasteiger charge is 2.21. The lowest BCUT2D eigenvalue weighted by molar-refractivity contribution is -0.384. The summed E-state index contributed by atoms with van der Waals surface area (Å²) in [5.41, 5.74) is 3.68. The van der Waals surface area contributed by atoms with E-state index in [9.17, 15) is 18.9 Å². The Morgan fingerprint density at radius 3 is 2.64 bits per heavy atom. The number of aromatic nitrogens is 1. The molecule has 1 rings (SSSR count). The van der Waals surface area contributed by atoms with Crippen LogP contribution in [0.1, 0.15) is 12.1 Å². The van der Waals surface area contributed by atoms with E-state index in [-0.39, 0.29) is 0 Å². The molecule has 0 aliphatic heterocycles. The number of nitrogens with zero attached hydrogens (tertiary/aromatic N) is 2. The van der Waals surface area contributed by atoms with Gasteiger partial charge in [0.1, 0.15) is 11.5 Å². The van der Waals surface area contributed by atoms with E-state index in [1.54, 1.807) is 0 Å². The van der Waals surface area contributed by atoms with Crippen molar-refractivity contribution in [1.82, 2.24) is 4.98 Å². The summed E-state index contributed by atoms with van der Waals surface area (Å²) >= 11 is 5.39. The quantitative estimate of drug-likeness (QED) is 0.615. The minimum absolute atomic E-state index is 0.431. The van der Waals surface area contributed by atoms with Crippen molar-refractivity contribution in [2.24, 2.45) is 0 Å². The average Bonchev–Trinajstić information content (AvgIpc) is 2.08. The Morgan fingerprint density at radius 2 is 2.21 bits per heavy atom. The monoisotopic (exact) mass is 223 g/mol.